The molecule has 0 aliphatic carbocycles. The number of nitrogens with two attached hydrogens (primary N) is 1. The number of nitrogens with one attached hydrogen (secondary N) is 2. The second-order valence-corrected chi connectivity index (χ2v) is 4.67. The van der Waals surface area contributed by atoms with Crippen LogP contribution in [0.5, 0.6) is 0 Å². The molecule has 6 heteroatoms. The molecule has 4 N–H and O–H groups in total. The van der Waals surface area contributed by atoms with E-state index >= 15 is 0 Å². The minimum absolute atomic E-state index is 0.121. The van der Waals surface area contributed by atoms with Crippen molar-refractivity contribution in [2.75, 3.05) is 5.32 Å². The molecular formula is C9H14N4OS. The molecule has 0 unspecified atom stereocenters. The van der Waals surface area contributed by atoms with Gasteiger partial charge in [-0.05, 0) is 0 Å². The van der Waals surface area contributed by atoms with E-state index in [1.54, 1.807) is 0 Å². The standard InChI is InChI=1S/C9H14N4OS/c1-9(2,3)8(14)12-7-5(6(10)15)4-11-13-7/h4H,1-3H3,(H2,10,15)(H2,11,12,13,14). The Balaban J connectivity index is 2.86. The van der Waals surface area contributed by atoms with Gasteiger partial charge in [-0.1, -0.05) is 33.0 Å². The zero-order valence-corrected chi connectivity index (χ0v) is 9.73. The highest BCUT2D eigenvalue weighted by molar-refractivity contribution is 7.80. The predicted molar refractivity (Wildman–Crippen MR) is 62.6 cm³/mol. The highest BCUT2D eigenvalue weighted by atomic mass is 32.1. The number of hydrogen-bond acceptors (Lipinski definition) is 3. The number of amides is 1. The predicted octanol–water partition coefficient (Wildman–Crippen LogP) is 1.03. The first kappa shape index (κ1) is 11.6. The third-order valence-electron chi connectivity index (χ3n) is 1.82. The molecular weight excluding hydrogens is 212 g/mol. The van der Waals surface area contributed by atoms with Crippen LogP contribution in [0.3, 0.4) is 0 Å². The number of hydrogen-bond donors (Lipinski definition) is 3. The molecule has 1 aromatic heterocycles. The van der Waals surface area contributed by atoms with E-state index in [0.29, 0.717) is 11.4 Å². The van der Waals surface area contributed by atoms with E-state index in [1.807, 2.05) is 20.8 Å². The van der Waals surface area contributed by atoms with Crippen molar-refractivity contribution in [3.63, 3.8) is 0 Å². The van der Waals surface area contributed by atoms with Crippen molar-refractivity contribution in [3.05, 3.63) is 11.8 Å². The van der Waals surface area contributed by atoms with Crippen molar-refractivity contribution >= 4 is 28.9 Å². The van der Waals surface area contributed by atoms with Gasteiger partial charge in [0.25, 0.3) is 0 Å². The van der Waals surface area contributed by atoms with Crippen molar-refractivity contribution in [1.82, 2.24) is 10.2 Å². The van der Waals surface area contributed by atoms with Crippen LogP contribution in [0.2, 0.25) is 0 Å². The second kappa shape index (κ2) is 3.98. The lowest BCUT2D eigenvalue weighted by atomic mass is 9.96. The molecule has 0 aliphatic heterocycles. The molecule has 0 spiro atoms. The second-order valence-electron chi connectivity index (χ2n) is 4.23. The number of carbonyl (C=O) groups excluding carboxylic acids is 1. The fraction of sp³-hybridized carbons (Fsp3) is 0.444. The molecule has 5 nitrogen and oxygen atoms in total. The first-order valence-corrected chi connectivity index (χ1v) is 4.88. The van der Waals surface area contributed by atoms with Crippen LogP contribution in [0.1, 0.15) is 26.3 Å². The Labute approximate surface area is 93.4 Å². The number of aromatic nitrogens is 2. The van der Waals surface area contributed by atoms with E-state index in [1.165, 1.54) is 6.20 Å². The summed E-state index contributed by atoms with van der Waals surface area (Å²) in [6.07, 6.45) is 1.49. The van der Waals surface area contributed by atoms with Gasteiger partial charge >= 0.3 is 0 Å². The minimum atomic E-state index is -0.474. The van der Waals surface area contributed by atoms with Crippen LogP contribution in [-0.4, -0.2) is 21.1 Å². The fourth-order valence-electron chi connectivity index (χ4n) is 0.869. The van der Waals surface area contributed by atoms with Crippen molar-refractivity contribution in [1.29, 1.82) is 0 Å². The third-order valence-corrected chi connectivity index (χ3v) is 2.04. The van der Waals surface area contributed by atoms with Gasteiger partial charge in [-0.2, -0.15) is 5.10 Å². The zero-order chi connectivity index (χ0) is 11.6. The Morgan fingerprint density at radius 1 is 1.60 bits per heavy atom. The molecule has 15 heavy (non-hydrogen) atoms. The van der Waals surface area contributed by atoms with Gasteiger partial charge in [-0.3, -0.25) is 9.89 Å². The first-order chi connectivity index (χ1) is 6.82. The quantitative estimate of drug-likeness (QED) is 0.658. The minimum Gasteiger partial charge on any atom is -0.389 e. The maximum absolute atomic E-state index is 11.7. The molecule has 0 saturated carbocycles. The summed E-state index contributed by atoms with van der Waals surface area (Å²) in [6.45, 7) is 5.46. The molecule has 0 aromatic carbocycles. The van der Waals surface area contributed by atoms with Crippen LogP contribution in [0.25, 0.3) is 0 Å². The van der Waals surface area contributed by atoms with Crippen molar-refractivity contribution in [3.8, 4) is 0 Å². The number of anilines is 1. The Morgan fingerprint density at radius 3 is 2.67 bits per heavy atom. The summed E-state index contributed by atoms with van der Waals surface area (Å²) in [5, 5.41) is 9.10. The number of thiocarbonyl (C=S) groups is 1. The normalized spacial score (nSPS) is 11.1. The average Bonchev–Trinajstić information content (AvgIpc) is 2.50. The summed E-state index contributed by atoms with van der Waals surface area (Å²) in [4.78, 5) is 11.9. The van der Waals surface area contributed by atoms with Gasteiger partial charge in [0.05, 0.1) is 11.8 Å². The average molecular weight is 226 g/mol. The Morgan fingerprint density at radius 2 is 2.20 bits per heavy atom. The highest BCUT2D eigenvalue weighted by Crippen LogP contribution is 2.18. The van der Waals surface area contributed by atoms with Crippen molar-refractivity contribution in [2.45, 2.75) is 20.8 Å². The van der Waals surface area contributed by atoms with Crippen LogP contribution in [0, 0.1) is 5.41 Å². The molecule has 82 valence electrons. The number of rotatable bonds is 2. The smallest absolute Gasteiger partial charge is 0.230 e. The molecule has 0 radical (unpaired) electrons. The molecule has 0 saturated heterocycles. The van der Waals surface area contributed by atoms with Gasteiger partial charge in [-0.15, -0.1) is 0 Å². The maximum atomic E-state index is 11.7. The molecule has 1 rings (SSSR count). The highest BCUT2D eigenvalue weighted by Gasteiger charge is 2.22. The molecule has 0 fully saturated rings. The summed E-state index contributed by atoms with van der Waals surface area (Å²) >= 11 is 4.82. The third kappa shape index (κ3) is 2.76. The summed E-state index contributed by atoms with van der Waals surface area (Å²) in [7, 11) is 0. The van der Waals surface area contributed by atoms with E-state index in [4.69, 9.17) is 18.0 Å². The molecule has 1 heterocycles. The number of carbonyl (C=O) groups is 1. The largest absolute Gasteiger partial charge is 0.389 e. The lowest BCUT2D eigenvalue weighted by Crippen LogP contribution is -2.28. The lowest BCUT2D eigenvalue weighted by molar-refractivity contribution is -0.123. The summed E-state index contributed by atoms with van der Waals surface area (Å²) < 4.78 is 0. The first-order valence-electron chi connectivity index (χ1n) is 4.47. The molecule has 0 bridgehead atoms. The summed E-state index contributed by atoms with van der Waals surface area (Å²) in [6, 6.07) is 0. The van der Waals surface area contributed by atoms with Gasteiger partial charge in [0.1, 0.15) is 10.8 Å². The number of H-pyrrole nitrogens is 1. The van der Waals surface area contributed by atoms with Crippen molar-refractivity contribution < 1.29 is 4.79 Å². The lowest BCUT2D eigenvalue weighted by Gasteiger charge is -2.17. The Kier molecular flexibility index (Phi) is 3.09. The van der Waals surface area contributed by atoms with Gasteiger partial charge in [0.2, 0.25) is 5.91 Å². The fourth-order valence-corrected chi connectivity index (χ4v) is 1.02. The van der Waals surface area contributed by atoms with Crippen LogP contribution < -0.4 is 11.1 Å². The van der Waals surface area contributed by atoms with E-state index in [0.717, 1.165) is 0 Å². The Bertz CT molecular complexity index is 391. The SMILES string of the molecule is CC(C)(C)C(=O)Nc1[nH]ncc1C(N)=S. The van der Waals surface area contributed by atoms with Crippen LogP contribution in [0.15, 0.2) is 6.20 Å². The number of aromatic amines is 1. The monoisotopic (exact) mass is 226 g/mol. The number of nitrogens with zero attached hydrogens (tertiary/aromatic N) is 1. The van der Waals surface area contributed by atoms with E-state index in [-0.39, 0.29) is 10.9 Å². The van der Waals surface area contributed by atoms with Gasteiger partial charge in [0, 0.05) is 5.41 Å². The summed E-state index contributed by atoms with van der Waals surface area (Å²) in [5.41, 5.74) is 5.53. The molecule has 0 aliphatic rings. The van der Waals surface area contributed by atoms with E-state index in [2.05, 4.69) is 15.5 Å². The van der Waals surface area contributed by atoms with Crippen LogP contribution in [-0.2, 0) is 4.79 Å². The zero-order valence-electron chi connectivity index (χ0n) is 8.92. The maximum Gasteiger partial charge on any atom is 0.230 e. The van der Waals surface area contributed by atoms with Crippen LogP contribution >= 0.6 is 12.2 Å². The molecule has 1 amide bonds. The Hall–Kier alpha value is -1.43. The van der Waals surface area contributed by atoms with E-state index in [9.17, 15) is 4.79 Å². The molecule has 1 aromatic rings. The van der Waals surface area contributed by atoms with Crippen molar-refractivity contribution in [2.24, 2.45) is 11.1 Å². The van der Waals surface area contributed by atoms with E-state index < -0.39 is 5.41 Å². The van der Waals surface area contributed by atoms with Gasteiger partial charge in [-0.25, -0.2) is 0 Å². The summed E-state index contributed by atoms with van der Waals surface area (Å²) in [5.74, 6) is 0.326. The molecule has 0 atom stereocenters. The topological polar surface area (TPSA) is 83.8 Å². The van der Waals surface area contributed by atoms with Crippen LogP contribution in [0.4, 0.5) is 5.82 Å². The van der Waals surface area contributed by atoms with Gasteiger partial charge in [0.15, 0.2) is 0 Å². The van der Waals surface area contributed by atoms with Gasteiger partial charge < -0.3 is 11.1 Å².